The topological polar surface area (TPSA) is 38.7 Å². The fourth-order valence-corrected chi connectivity index (χ4v) is 2.10. The molecule has 0 radical (unpaired) electrons. The molecule has 0 rings (SSSR count). The highest BCUT2D eigenvalue weighted by molar-refractivity contribution is 4.69. The Bertz CT molecular complexity index is 184. The standard InChI is InChI=1S/C16H34O3/c1-5-9-12-15(8-4)16(17,18-13-10-6-2)19-14-11-7-3/h15,17H,5-14H2,1-4H3. The lowest BCUT2D eigenvalue weighted by Crippen LogP contribution is -2.44. The van der Waals surface area contributed by atoms with E-state index in [4.69, 9.17) is 9.47 Å². The predicted molar refractivity (Wildman–Crippen MR) is 80.0 cm³/mol. The second kappa shape index (κ2) is 11.7. The lowest BCUT2D eigenvalue weighted by molar-refractivity contribution is -0.388. The summed E-state index contributed by atoms with van der Waals surface area (Å²) in [6.07, 6.45) is 8.14. The number of unbranched alkanes of at least 4 members (excludes halogenated alkanes) is 3. The van der Waals surface area contributed by atoms with Crippen molar-refractivity contribution in [2.24, 2.45) is 5.92 Å². The van der Waals surface area contributed by atoms with Crippen LogP contribution in [0.4, 0.5) is 0 Å². The summed E-state index contributed by atoms with van der Waals surface area (Å²) in [5.41, 5.74) is 0. The van der Waals surface area contributed by atoms with Gasteiger partial charge in [-0.25, -0.2) is 0 Å². The molecule has 0 aliphatic heterocycles. The van der Waals surface area contributed by atoms with E-state index in [0.29, 0.717) is 13.2 Å². The van der Waals surface area contributed by atoms with Crippen LogP contribution in [0.25, 0.3) is 0 Å². The Kier molecular flexibility index (Phi) is 11.6. The van der Waals surface area contributed by atoms with E-state index >= 15 is 0 Å². The maximum Gasteiger partial charge on any atom is 0.283 e. The summed E-state index contributed by atoms with van der Waals surface area (Å²) in [5.74, 6) is -1.31. The molecule has 0 fully saturated rings. The van der Waals surface area contributed by atoms with Crippen LogP contribution in [0, 0.1) is 5.92 Å². The molecule has 1 N–H and O–H groups in total. The molecule has 116 valence electrons. The second-order valence-electron chi connectivity index (χ2n) is 5.28. The second-order valence-corrected chi connectivity index (χ2v) is 5.28. The third-order valence-electron chi connectivity index (χ3n) is 3.53. The first kappa shape index (κ1) is 18.9. The van der Waals surface area contributed by atoms with E-state index in [1.807, 2.05) is 0 Å². The minimum atomic E-state index is -1.38. The Morgan fingerprint density at radius 3 is 1.68 bits per heavy atom. The third kappa shape index (κ3) is 7.91. The monoisotopic (exact) mass is 274 g/mol. The number of rotatable bonds is 13. The quantitative estimate of drug-likeness (QED) is 0.397. The van der Waals surface area contributed by atoms with Crippen molar-refractivity contribution in [3.63, 3.8) is 0 Å². The molecule has 0 saturated heterocycles. The average Bonchev–Trinajstić information content (AvgIpc) is 2.40. The van der Waals surface area contributed by atoms with E-state index in [9.17, 15) is 5.11 Å². The first-order valence-electron chi connectivity index (χ1n) is 8.14. The molecular weight excluding hydrogens is 240 g/mol. The van der Waals surface area contributed by atoms with E-state index in [0.717, 1.165) is 51.4 Å². The van der Waals surface area contributed by atoms with Crippen LogP contribution in [0.15, 0.2) is 0 Å². The van der Waals surface area contributed by atoms with Crippen molar-refractivity contribution >= 4 is 0 Å². The summed E-state index contributed by atoms with van der Waals surface area (Å²) in [4.78, 5) is 0. The first-order chi connectivity index (χ1) is 9.14. The zero-order chi connectivity index (χ0) is 14.6. The lowest BCUT2D eigenvalue weighted by atomic mass is 9.96. The van der Waals surface area contributed by atoms with Crippen molar-refractivity contribution in [2.75, 3.05) is 13.2 Å². The van der Waals surface area contributed by atoms with Crippen molar-refractivity contribution in [1.82, 2.24) is 0 Å². The van der Waals surface area contributed by atoms with Gasteiger partial charge in [0.1, 0.15) is 0 Å². The number of hydrogen-bond acceptors (Lipinski definition) is 3. The molecule has 0 bridgehead atoms. The summed E-state index contributed by atoms with van der Waals surface area (Å²) in [7, 11) is 0. The molecule has 19 heavy (non-hydrogen) atoms. The summed E-state index contributed by atoms with van der Waals surface area (Å²) in [5, 5.41) is 10.7. The van der Waals surface area contributed by atoms with Gasteiger partial charge in [-0.1, -0.05) is 53.4 Å². The molecule has 1 unspecified atom stereocenters. The van der Waals surface area contributed by atoms with Gasteiger partial charge in [-0.05, 0) is 25.7 Å². The summed E-state index contributed by atoms with van der Waals surface area (Å²) < 4.78 is 11.4. The maximum absolute atomic E-state index is 10.7. The Morgan fingerprint density at radius 2 is 1.32 bits per heavy atom. The molecule has 3 heteroatoms. The minimum absolute atomic E-state index is 0.0705. The van der Waals surface area contributed by atoms with Crippen molar-refractivity contribution < 1.29 is 14.6 Å². The van der Waals surface area contributed by atoms with Crippen LogP contribution < -0.4 is 0 Å². The van der Waals surface area contributed by atoms with E-state index in [1.165, 1.54) is 0 Å². The molecule has 0 amide bonds. The molecule has 1 atom stereocenters. The van der Waals surface area contributed by atoms with E-state index in [-0.39, 0.29) is 5.92 Å². The van der Waals surface area contributed by atoms with Gasteiger partial charge >= 0.3 is 0 Å². The van der Waals surface area contributed by atoms with Crippen molar-refractivity contribution in [2.45, 2.75) is 85.0 Å². The van der Waals surface area contributed by atoms with E-state index in [2.05, 4.69) is 27.7 Å². The normalized spacial score (nSPS) is 13.7. The van der Waals surface area contributed by atoms with Crippen LogP contribution in [-0.2, 0) is 9.47 Å². The summed E-state index contributed by atoms with van der Waals surface area (Å²) in [6.45, 7) is 9.65. The Hall–Kier alpha value is -0.120. The molecule has 3 nitrogen and oxygen atoms in total. The summed E-state index contributed by atoms with van der Waals surface area (Å²) in [6, 6.07) is 0. The molecule has 0 aromatic carbocycles. The van der Waals surface area contributed by atoms with Gasteiger partial charge in [0, 0.05) is 5.92 Å². The third-order valence-corrected chi connectivity index (χ3v) is 3.53. The van der Waals surface area contributed by atoms with Gasteiger partial charge in [-0.2, -0.15) is 0 Å². The number of aliphatic hydroxyl groups is 1. The number of hydrogen-bond donors (Lipinski definition) is 1. The molecule has 0 aromatic heterocycles. The fraction of sp³-hybridized carbons (Fsp3) is 1.00. The predicted octanol–water partition coefficient (Wildman–Crippen LogP) is 4.48. The van der Waals surface area contributed by atoms with E-state index in [1.54, 1.807) is 0 Å². The van der Waals surface area contributed by atoms with Crippen LogP contribution in [-0.4, -0.2) is 24.3 Å². The van der Waals surface area contributed by atoms with Gasteiger partial charge in [0.2, 0.25) is 0 Å². The van der Waals surface area contributed by atoms with Crippen molar-refractivity contribution in [1.29, 1.82) is 0 Å². The SMILES string of the molecule is CCCCOC(O)(OCCCC)C(CC)CCCC. The first-order valence-corrected chi connectivity index (χ1v) is 8.14. The Labute approximate surface area is 119 Å². The summed E-state index contributed by atoms with van der Waals surface area (Å²) >= 11 is 0. The molecule has 0 saturated carbocycles. The lowest BCUT2D eigenvalue weighted by Gasteiger charge is -2.35. The van der Waals surface area contributed by atoms with Gasteiger partial charge in [-0.3, -0.25) is 0 Å². The van der Waals surface area contributed by atoms with Crippen molar-refractivity contribution in [3.8, 4) is 0 Å². The molecule has 0 aliphatic carbocycles. The highest BCUT2D eigenvalue weighted by Gasteiger charge is 2.37. The molecule has 0 heterocycles. The highest BCUT2D eigenvalue weighted by Crippen LogP contribution is 2.29. The molecular formula is C16H34O3. The van der Waals surface area contributed by atoms with Gasteiger partial charge in [-0.15, -0.1) is 0 Å². The van der Waals surface area contributed by atoms with Crippen LogP contribution in [0.3, 0.4) is 0 Å². The van der Waals surface area contributed by atoms with Gasteiger partial charge in [0.05, 0.1) is 13.2 Å². The molecule has 0 spiro atoms. The van der Waals surface area contributed by atoms with Crippen LogP contribution >= 0.6 is 0 Å². The molecule has 0 aromatic rings. The largest absolute Gasteiger partial charge is 0.343 e. The zero-order valence-corrected chi connectivity index (χ0v) is 13.4. The Balaban J connectivity index is 4.48. The van der Waals surface area contributed by atoms with Crippen LogP contribution in [0.1, 0.15) is 79.1 Å². The van der Waals surface area contributed by atoms with Crippen molar-refractivity contribution in [3.05, 3.63) is 0 Å². The molecule has 0 aliphatic rings. The maximum atomic E-state index is 10.7. The Morgan fingerprint density at radius 1 is 0.842 bits per heavy atom. The van der Waals surface area contributed by atoms with Crippen LogP contribution in [0.5, 0.6) is 0 Å². The minimum Gasteiger partial charge on any atom is -0.343 e. The number of ether oxygens (including phenoxy) is 2. The fourth-order valence-electron chi connectivity index (χ4n) is 2.10. The van der Waals surface area contributed by atoms with Gasteiger partial charge in [0.25, 0.3) is 5.97 Å². The van der Waals surface area contributed by atoms with Crippen LogP contribution in [0.2, 0.25) is 0 Å². The smallest absolute Gasteiger partial charge is 0.283 e. The average molecular weight is 274 g/mol. The highest BCUT2D eigenvalue weighted by atomic mass is 16.8. The zero-order valence-electron chi connectivity index (χ0n) is 13.4. The van der Waals surface area contributed by atoms with E-state index < -0.39 is 5.97 Å². The van der Waals surface area contributed by atoms with Gasteiger partial charge in [0.15, 0.2) is 0 Å². The van der Waals surface area contributed by atoms with Gasteiger partial charge < -0.3 is 14.6 Å².